The van der Waals surface area contributed by atoms with Gasteiger partial charge in [-0.2, -0.15) is 12.7 Å². The molecular weight excluding hydrogens is 242 g/mol. The number of imidazole rings is 1. The van der Waals surface area contributed by atoms with Crippen molar-refractivity contribution in [3.05, 3.63) is 18.7 Å². The summed E-state index contributed by atoms with van der Waals surface area (Å²) < 4.78 is 34.2. The highest BCUT2D eigenvalue weighted by Crippen LogP contribution is 2.16. The smallest absolute Gasteiger partial charge is 0.379 e. The summed E-state index contributed by atoms with van der Waals surface area (Å²) in [6.07, 6.45) is 6.30. The lowest BCUT2D eigenvalue weighted by Crippen LogP contribution is -2.43. The minimum atomic E-state index is -3.44. The SMILES string of the molecule is CN(C1CCOCC1)S(=O)(=O)n1cc[n+](C)c1. The standard InChI is InChI=1S/C10H18N3O3S/c1-11-5-6-13(9-11)17(14,15)12(2)10-3-7-16-8-4-10/h5-6,9-10H,3-4,7-8H2,1-2H3/q+1. The van der Waals surface area contributed by atoms with Crippen molar-refractivity contribution in [1.82, 2.24) is 8.28 Å². The molecule has 1 aromatic heterocycles. The van der Waals surface area contributed by atoms with Crippen LogP contribution in [0.25, 0.3) is 0 Å². The Morgan fingerprint density at radius 1 is 1.41 bits per heavy atom. The predicted octanol–water partition coefficient (Wildman–Crippen LogP) is -0.484. The van der Waals surface area contributed by atoms with Gasteiger partial charge in [0, 0.05) is 26.3 Å². The zero-order valence-corrected chi connectivity index (χ0v) is 10.9. The normalized spacial score (nSPS) is 18.8. The number of ether oxygens (including phenoxy) is 1. The zero-order valence-electron chi connectivity index (χ0n) is 10.1. The number of nitrogens with zero attached hydrogens (tertiary/aromatic N) is 3. The summed E-state index contributed by atoms with van der Waals surface area (Å²) in [4.78, 5) is 0. The van der Waals surface area contributed by atoms with E-state index in [0.29, 0.717) is 13.2 Å². The van der Waals surface area contributed by atoms with Gasteiger partial charge in [0.15, 0.2) is 0 Å². The van der Waals surface area contributed by atoms with Crippen molar-refractivity contribution in [2.45, 2.75) is 18.9 Å². The fourth-order valence-corrected chi connectivity index (χ4v) is 3.31. The molecule has 0 aliphatic carbocycles. The second-order valence-corrected chi connectivity index (χ2v) is 6.17. The summed E-state index contributed by atoms with van der Waals surface area (Å²) in [5.74, 6) is 0. The highest BCUT2D eigenvalue weighted by atomic mass is 32.2. The summed E-state index contributed by atoms with van der Waals surface area (Å²) in [5.41, 5.74) is 0. The molecule has 0 aromatic carbocycles. The minimum absolute atomic E-state index is 0.0291. The number of hydrogen-bond acceptors (Lipinski definition) is 3. The van der Waals surface area contributed by atoms with Crippen LogP contribution < -0.4 is 4.57 Å². The van der Waals surface area contributed by atoms with Crippen LogP contribution in [0, 0.1) is 0 Å². The van der Waals surface area contributed by atoms with Crippen molar-refractivity contribution >= 4 is 10.2 Å². The molecule has 0 bridgehead atoms. The minimum Gasteiger partial charge on any atom is -0.381 e. The van der Waals surface area contributed by atoms with E-state index in [1.165, 1.54) is 8.28 Å². The van der Waals surface area contributed by atoms with Crippen molar-refractivity contribution in [2.75, 3.05) is 20.3 Å². The van der Waals surface area contributed by atoms with E-state index < -0.39 is 10.2 Å². The molecule has 0 unspecified atom stereocenters. The number of rotatable bonds is 3. The van der Waals surface area contributed by atoms with E-state index in [2.05, 4.69) is 0 Å². The summed E-state index contributed by atoms with van der Waals surface area (Å²) in [6, 6.07) is 0.0291. The second kappa shape index (κ2) is 4.75. The van der Waals surface area contributed by atoms with E-state index >= 15 is 0 Å². The molecule has 0 N–H and O–H groups in total. The fraction of sp³-hybridized carbons (Fsp3) is 0.700. The third-order valence-corrected chi connectivity index (χ3v) is 4.85. The van der Waals surface area contributed by atoms with Gasteiger partial charge in [-0.25, -0.2) is 4.57 Å². The average molecular weight is 260 g/mol. The third-order valence-electron chi connectivity index (χ3n) is 3.08. The van der Waals surface area contributed by atoms with Crippen molar-refractivity contribution in [2.24, 2.45) is 7.05 Å². The van der Waals surface area contributed by atoms with Crippen LogP contribution >= 0.6 is 0 Å². The van der Waals surface area contributed by atoms with Crippen molar-refractivity contribution < 1.29 is 17.7 Å². The molecule has 6 nitrogen and oxygen atoms in total. The van der Waals surface area contributed by atoms with Gasteiger partial charge in [0.2, 0.25) is 0 Å². The summed E-state index contributed by atoms with van der Waals surface area (Å²) in [7, 11) is -0.0218. The summed E-state index contributed by atoms with van der Waals surface area (Å²) >= 11 is 0. The maximum Gasteiger partial charge on any atom is 0.379 e. The van der Waals surface area contributed by atoms with Crippen LogP contribution in [0.2, 0.25) is 0 Å². The molecule has 17 heavy (non-hydrogen) atoms. The molecule has 2 heterocycles. The Morgan fingerprint density at radius 2 is 2.06 bits per heavy atom. The highest BCUT2D eigenvalue weighted by molar-refractivity contribution is 7.87. The lowest BCUT2D eigenvalue weighted by Gasteiger charge is -2.28. The maximum absolute atomic E-state index is 12.3. The van der Waals surface area contributed by atoms with Gasteiger partial charge in [0.1, 0.15) is 12.4 Å². The molecule has 0 radical (unpaired) electrons. The molecule has 1 aliphatic rings. The molecule has 0 amide bonds. The van der Waals surface area contributed by atoms with Crippen LogP contribution in [-0.2, 0) is 22.0 Å². The Balaban J connectivity index is 2.20. The first-order valence-corrected chi connectivity index (χ1v) is 7.01. The summed E-state index contributed by atoms with van der Waals surface area (Å²) in [5, 5.41) is 0. The molecule has 1 saturated heterocycles. The van der Waals surface area contributed by atoms with Crippen molar-refractivity contribution in [3.8, 4) is 0 Å². The van der Waals surface area contributed by atoms with Crippen molar-refractivity contribution in [1.29, 1.82) is 0 Å². The molecule has 0 spiro atoms. The maximum atomic E-state index is 12.3. The quantitative estimate of drug-likeness (QED) is 0.690. The van der Waals surface area contributed by atoms with E-state index in [-0.39, 0.29) is 6.04 Å². The average Bonchev–Trinajstić information content (AvgIpc) is 2.77. The van der Waals surface area contributed by atoms with E-state index in [0.717, 1.165) is 12.8 Å². The van der Waals surface area contributed by atoms with Crippen LogP contribution in [0.4, 0.5) is 0 Å². The molecule has 1 aromatic rings. The van der Waals surface area contributed by atoms with Gasteiger partial charge in [-0.05, 0) is 12.8 Å². The number of hydrogen-bond donors (Lipinski definition) is 0. The monoisotopic (exact) mass is 260 g/mol. The van der Waals surface area contributed by atoms with Gasteiger partial charge in [0.05, 0.1) is 7.05 Å². The third kappa shape index (κ3) is 2.51. The summed E-state index contributed by atoms with van der Waals surface area (Å²) in [6.45, 7) is 1.26. The van der Waals surface area contributed by atoms with E-state index in [4.69, 9.17) is 4.74 Å². The van der Waals surface area contributed by atoms with Crippen molar-refractivity contribution in [3.63, 3.8) is 0 Å². The van der Waals surface area contributed by atoms with Crippen LogP contribution in [0.3, 0.4) is 0 Å². The zero-order chi connectivity index (χ0) is 12.5. The molecule has 1 aliphatic heterocycles. The number of aryl methyl sites for hydroxylation is 1. The lowest BCUT2D eigenvalue weighted by molar-refractivity contribution is -0.670. The van der Waals surface area contributed by atoms with Gasteiger partial charge >= 0.3 is 10.2 Å². The number of aromatic nitrogens is 2. The molecule has 0 atom stereocenters. The highest BCUT2D eigenvalue weighted by Gasteiger charge is 2.32. The predicted molar refractivity (Wildman–Crippen MR) is 61.5 cm³/mol. The first kappa shape index (κ1) is 12.5. The van der Waals surface area contributed by atoms with E-state index in [1.54, 1.807) is 37.4 Å². The Kier molecular flexibility index (Phi) is 3.50. The largest absolute Gasteiger partial charge is 0.381 e. The van der Waals surface area contributed by atoms with Crippen LogP contribution in [-0.4, -0.2) is 43.0 Å². The van der Waals surface area contributed by atoms with E-state index in [9.17, 15) is 8.42 Å². The van der Waals surface area contributed by atoms with Gasteiger partial charge in [0.25, 0.3) is 6.33 Å². The Morgan fingerprint density at radius 3 is 2.59 bits per heavy atom. The Bertz CT molecular complexity index is 477. The lowest BCUT2D eigenvalue weighted by atomic mass is 10.1. The molecule has 1 fully saturated rings. The topological polar surface area (TPSA) is 55.4 Å². The fourth-order valence-electron chi connectivity index (χ4n) is 1.95. The second-order valence-electron chi connectivity index (χ2n) is 4.28. The van der Waals surface area contributed by atoms with Gasteiger partial charge in [-0.15, -0.1) is 3.97 Å². The van der Waals surface area contributed by atoms with E-state index in [1.807, 2.05) is 0 Å². The van der Waals surface area contributed by atoms with Gasteiger partial charge < -0.3 is 4.74 Å². The molecule has 7 heteroatoms. The first-order chi connectivity index (χ1) is 8.01. The molecular formula is C10H18N3O3S+. The van der Waals surface area contributed by atoms with Gasteiger partial charge in [-0.1, -0.05) is 0 Å². The molecule has 2 rings (SSSR count). The Hall–Kier alpha value is -0.920. The first-order valence-electron chi connectivity index (χ1n) is 5.61. The van der Waals surface area contributed by atoms with Crippen LogP contribution in [0.1, 0.15) is 12.8 Å². The Labute approximate surface area is 102 Å². The molecule has 0 saturated carbocycles. The van der Waals surface area contributed by atoms with Crippen LogP contribution in [0.5, 0.6) is 0 Å². The van der Waals surface area contributed by atoms with Crippen LogP contribution in [0.15, 0.2) is 18.7 Å². The van der Waals surface area contributed by atoms with Gasteiger partial charge in [-0.3, -0.25) is 0 Å². The molecule has 96 valence electrons.